The first-order chi connectivity index (χ1) is 8.88. The first-order valence-corrected chi connectivity index (χ1v) is 6.49. The molecule has 0 radical (unpaired) electrons. The summed E-state index contributed by atoms with van der Waals surface area (Å²) in [6.07, 6.45) is 0. The number of rotatable bonds is 2. The summed E-state index contributed by atoms with van der Waals surface area (Å²) in [6.45, 7) is 8.09. The van der Waals surface area contributed by atoms with Crippen LogP contribution in [0, 0.1) is 33.5 Å². The molecule has 100 valence electrons. The van der Waals surface area contributed by atoms with E-state index in [1.165, 1.54) is 23.3 Å². The van der Waals surface area contributed by atoms with Gasteiger partial charge in [0.25, 0.3) is 0 Å². The van der Waals surface area contributed by atoms with E-state index in [0.717, 1.165) is 22.3 Å². The minimum absolute atomic E-state index is 0.230. The maximum Gasteiger partial charge on any atom is 0.123 e. The van der Waals surface area contributed by atoms with Gasteiger partial charge in [-0.25, -0.2) is 4.39 Å². The Kier molecular flexibility index (Phi) is 3.72. The number of halogens is 1. The van der Waals surface area contributed by atoms with E-state index in [9.17, 15) is 4.39 Å². The van der Waals surface area contributed by atoms with Crippen LogP contribution >= 0.6 is 0 Å². The van der Waals surface area contributed by atoms with Gasteiger partial charge < -0.3 is 5.73 Å². The molecule has 1 unspecified atom stereocenters. The molecule has 0 aliphatic heterocycles. The molecule has 0 aliphatic carbocycles. The van der Waals surface area contributed by atoms with Gasteiger partial charge >= 0.3 is 0 Å². The number of hydrogen-bond donors (Lipinski definition) is 1. The number of benzene rings is 2. The standard InChI is InChI=1S/C17H20FN/c1-10-5-14(9-15(18)6-10)17(19)16-8-12(3)11(2)7-13(16)4/h5-9,17H,19H2,1-4H3. The Hall–Kier alpha value is -1.67. The minimum Gasteiger partial charge on any atom is -0.320 e. The Labute approximate surface area is 114 Å². The van der Waals surface area contributed by atoms with Crippen molar-refractivity contribution < 1.29 is 4.39 Å². The first kappa shape index (κ1) is 13.8. The molecule has 0 saturated heterocycles. The van der Waals surface area contributed by atoms with E-state index in [1.54, 1.807) is 0 Å². The quantitative estimate of drug-likeness (QED) is 0.861. The molecule has 2 aromatic carbocycles. The van der Waals surface area contributed by atoms with Crippen LogP contribution in [0.2, 0.25) is 0 Å². The molecule has 0 saturated carbocycles. The second-order valence-electron chi connectivity index (χ2n) is 5.33. The highest BCUT2D eigenvalue weighted by Gasteiger charge is 2.14. The monoisotopic (exact) mass is 257 g/mol. The van der Waals surface area contributed by atoms with Crippen molar-refractivity contribution in [2.24, 2.45) is 5.73 Å². The highest BCUT2D eigenvalue weighted by molar-refractivity contribution is 5.42. The summed E-state index contributed by atoms with van der Waals surface area (Å²) in [6, 6.07) is 8.94. The molecule has 1 atom stereocenters. The van der Waals surface area contributed by atoms with Crippen LogP contribution < -0.4 is 5.73 Å². The lowest BCUT2D eigenvalue weighted by molar-refractivity contribution is 0.622. The summed E-state index contributed by atoms with van der Waals surface area (Å²) in [5.41, 5.74) is 12.7. The third-order valence-corrected chi connectivity index (χ3v) is 3.64. The number of hydrogen-bond acceptors (Lipinski definition) is 1. The second-order valence-corrected chi connectivity index (χ2v) is 5.33. The summed E-state index contributed by atoms with van der Waals surface area (Å²) in [5.74, 6) is -0.230. The van der Waals surface area contributed by atoms with Crippen LogP contribution in [-0.2, 0) is 0 Å². The summed E-state index contributed by atoms with van der Waals surface area (Å²) >= 11 is 0. The molecular formula is C17H20FN. The van der Waals surface area contributed by atoms with E-state index in [-0.39, 0.29) is 11.9 Å². The van der Waals surface area contributed by atoms with E-state index < -0.39 is 0 Å². The smallest absolute Gasteiger partial charge is 0.123 e. The Balaban J connectivity index is 2.49. The summed E-state index contributed by atoms with van der Waals surface area (Å²) < 4.78 is 13.5. The van der Waals surface area contributed by atoms with Gasteiger partial charge in [-0.3, -0.25) is 0 Å². The zero-order valence-electron chi connectivity index (χ0n) is 11.9. The second kappa shape index (κ2) is 5.14. The van der Waals surface area contributed by atoms with Crippen molar-refractivity contribution in [3.63, 3.8) is 0 Å². The number of nitrogens with two attached hydrogens (primary N) is 1. The third-order valence-electron chi connectivity index (χ3n) is 3.64. The Morgan fingerprint density at radius 3 is 2.11 bits per heavy atom. The van der Waals surface area contributed by atoms with Crippen LogP contribution in [0.5, 0.6) is 0 Å². The Morgan fingerprint density at radius 2 is 1.47 bits per heavy atom. The summed E-state index contributed by atoms with van der Waals surface area (Å²) in [4.78, 5) is 0. The van der Waals surface area contributed by atoms with Gasteiger partial charge in [-0.15, -0.1) is 0 Å². The predicted molar refractivity (Wildman–Crippen MR) is 77.8 cm³/mol. The largest absolute Gasteiger partial charge is 0.320 e. The van der Waals surface area contributed by atoms with Gasteiger partial charge in [0.05, 0.1) is 6.04 Å². The lowest BCUT2D eigenvalue weighted by Gasteiger charge is -2.18. The van der Waals surface area contributed by atoms with Crippen molar-refractivity contribution in [3.05, 3.63) is 69.5 Å². The lowest BCUT2D eigenvalue weighted by Crippen LogP contribution is -2.14. The predicted octanol–water partition coefficient (Wildman–Crippen LogP) is 4.11. The Bertz CT molecular complexity index is 597. The van der Waals surface area contributed by atoms with Gasteiger partial charge in [0.15, 0.2) is 0 Å². The van der Waals surface area contributed by atoms with Crippen LogP contribution in [0.1, 0.15) is 39.4 Å². The highest BCUT2D eigenvalue weighted by Crippen LogP contribution is 2.26. The van der Waals surface area contributed by atoms with Crippen molar-refractivity contribution in [1.82, 2.24) is 0 Å². The van der Waals surface area contributed by atoms with Gasteiger partial charge in [0, 0.05) is 0 Å². The van der Waals surface area contributed by atoms with E-state index in [4.69, 9.17) is 5.73 Å². The van der Waals surface area contributed by atoms with E-state index in [0.29, 0.717) is 0 Å². The molecule has 0 aromatic heterocycles. The molecular weight excluding hydrogens is 237 g/mol. The molecule has 0 bridgehead atoms. The fraction of sp³-hybridized carbons (Fsp3) is 0.294. The summed E-state index contributed by atoms with van der Waals surface area (Å²) in [5, 5.41) is 0. The molecule has 2 N–H and O–H groups in total. The van der Waals surface area contributed by atoms with Crippen LogP contribution in [0.4, 0.5) is 4.39 Å². The average molecular weight is 257 g/mol. The first-order valence-electron chi connectivity index (χ1n) is 6.49. The van der Waals surface area contributed by atoms with E-state index in [1.807, 2.05) is 19.9 Å². The van der Waals surface area contributed by atoms with Gasteiger partial charge in [-0.2, -0.15) is 0 Å². The van der Waals surface area contributed by atoms with Crippen LogP contribution in [0.25, 0.3) is 0 Å². The van der Waals surface area contributed by atoms with Crippen LogP contribution in [-0.4, -0.2) is 0 Å². The zero-order valence-corrected chi connectivity index (χ0v) is 11.9. The van der Waals surface area contributed by atoms with Crippen molar-refractivity contribution >= 4 is 0 Å². The fourth-order valence-corrected chi connectivity index (χ4v) is 2.44. The molecule has 0 aliphatic rings. The SMILES string of the molecule is Cc1cc(F)cc(C(N)c2cc(C)c(C)cc2C)c1. The van der Waals surface area contributed by atoms with Crippen LogP contribution in [0.3, 0.4) is 0 Å². The third kappa shape index (κ3) is 2.85. The molecule has 0 fully saturated rings. The molecule has 2 heteroatoms. The summed E-state index contributed by atoms with van der Waals surface area (Å²) in [7, 11) is 0. The average Bonchev–Trinajstić information content (AvgIpc) is 2.31. The van der Waals surface area contributed by atoms with Crippen molar-refractivity contribution in [3.8, 4) is 0 Å². The van der Waals surface area contributed by atoms with Gasteiger partial charge in [-0.05, 0) is 73.2 Å². The van der Waals surface area contributed by atoms with Crippen LogP contribution in [0.15, 0.2) is 30.3 Å². The topological polar surface area (TPSA) is 26.0 Å². The maximum atomic E-state index is 13.5. The zero-order chi connectivity index (χ0) is 14.2. The van der Waals surface area contributed by atoms with E-state index in [2.05, 4.69) is 26.0 Å². The normalized spacial score (nSPS) is 12.5. The number of aryl methyl sites for hydroxylation is 4. The minimum atomic E-state index is -0.284. The Morgan fingerprint density at radius 1 is 0.842 bits per heavy atom. The van der Waals surface area contributed by atoms with Gasteiger partial charge in [0.1, 0.15) is 5.82 Å². The van der Waals surface area contributed by atoms with Crippen molar-refractivity contribution in [1.29, 1.82) is 0 Å². The maximum absolute atomic E-state index is 13.5. The molecule has 2 aromatic rings. The fourth-order valence-electron chi connectivity index (χ4n) is 2.44. The molecule has 0 heterocycles. The molecule has 0 spiro atoms. The lowest BCUT2D eigenvalue weighted by atomic mass is 9.91. The molecule has 1 nitrogen and oxygen atoms in total. The van der Waals surface area contributed by atoms with E-state index >= 15 is 0 Å². The van der Waals surface area contributed by atoms with Crippen molar-refractivity contribution in [2.75, 3.05) is 0 Å². The van der Waals surface area contributed by atoms with Crippen molar-refractivity contribution in [2.45, 2.75) is 33.7 Å². The molecule has 0 amide bonds. The van der Waals surface area contributed by atoms with Gasteiger partial charge in [0.2, 0.25) is 0 Å². The molecule has 19 heavy (non-hydrogen) atoms. The highest BCUT2D eigenvalue weighted by atomic mass is 19.1. The molecule has 2 rings (SSSR count). The van der Waals surface area contributed by atoms with Gasteiger partial charge in [-0.1, -0.05) is 18.2 Å².